The van der Waals surface area contributed by atoms with Crippen LogP contribution in [-0.2, 0) is 4.84 Å². The van der Waals surface area contributed by atoms with Crippen LogP contribution in [0.2, 0.25) is 5.02 Å². The topological polar surface area (TPSA) is 76.6 Å². The summed E-state index contributed by atoms with van der Waals surface area (Å²) in [7, 11) is 1.64. The Balaban J connectivity index is 2.12. The van der Waals surface area contributed by atoms with E-state index >= 15 is 0 Å². The highest BCUT2D eigenvalue weighted by Crippen LogP contribution is 2.14. The van der Waals surface area contributed by atoms with Crippen LogP contribution in [0.3, 0.4) is 0 Å². The van der Waals surface area contributed by atoms with E-state index in [1.165, 1.54) is 23.8 Å². The molecule has 0 aliphatic rings. The van der Waals surface area contributed by atoms with Crippen LogP contribution in [0.5, 0.6) is 5.75 Å². The fourth-order valence-corrected chi connectivity index (χ4v) is 1.74. The lowest BCUT2D eigenvalue weighted by atomic mass is 10.2. The minimum absolute atomic E-state index is 0.219. The minimum Gasteiger partial charge on any atom is -0.373 e. The molecule has 0 saturated heterocycles. The Kier molecular flexibility index (Phi) is 6.08. The fourth-order valence-electron chi connectivity index (χ4n) is 1.62. The molecule has 0 unspecified atom stereocenters. The van der Waals surface area contributed by atoms with Gasteiger partial charge in [-0.25, -0.2) is 15.4 Å². The summed E-state index contributed by atoms with van der Waals surface area (Å²) in [5.41, 5.74) is 2.99. The van der Waals surface area contributed by atoms with E-state index in [0.717, 1.165) is 0 Å². The molecule has 0 atom stereocenters. The first-order valence-electron chi connectivity index (χ1n) is 6.49. The Morgan fingerprint density at radius 2 is 1.95 bits per heavy atom. The first kappa shape index (κ1) is 16.2. The van der Waals surface area contributed by atoms with Crippen molar-refractivity contribution in [2.75, 3.05) is 20.2 Å². The van der Waals surface area contributed by atoms with Crippen molar-refractivity contribution in [3.63, 3.8) is 0 Å². The van der Waals surface area contributed by atoms with Crippen LogP contribution in [0, 0.1) is 0 Å². The lowest BCUT2D eigenvalue weighted by molar-refractivity contribution is -0.0579. The van der Waals surface area contributed by atoms with E-state index in [4.69, 9.17) is 21.3 Å². The van der Waals surface area contributed by atoms with E-state index in [1.807, 2.05) is 0 Å². The first-order valence-corrected chi connectivity index (χ1v) is 6.87. The van der Waals surface area contributed by atoms with Gasteiger partial charge < -0.3 is 9.68 Å². The SMILES string of the molecule is CNOCCN(Oc1cncnc1)C(=O)c1ccc(Cl)cc1. The molecular formula is C14H15ClN4O3. The molecule has 0 radical (unpaired) electrons. The summed E-state index contributed by atoms with van der Waals surface area (Å²) in [4.78, 5) is 30.7. The Labute approximate surface area is 132 Å². The van der Waals surface area contributed by atoms with Gasteiger partial charge in [0.1, 0.15) is 6.33 Å². The predicted octanol–water partition coefficient (Wildman–Crippen LogP) is 1.72. The average Bonchev–Trinajstić information content (AvgIpc) is 2.55. The molecule has 2 rings (SSSR count). The summed E-state index contributed by atoms with van der Waals surface area (Å²) in [6.07, 6.45) is 4.31. The Morgan fingerprint density at radius 3 is 2.59 bits per heavy atom. The lowest BCUT2D eigenvalue weighted by Gasteiger charge is -2.22. The monoisotopic (exact) mass is 322 g/mol. The fraction of sp³-hybridized carbons (Fsp3) is 0.214. The second-order valence-corrected chi connectivity index (χ2v) is 4.57. The predicted molar refractivity (Wildman–Crippen MR) is 80.2 cm³/mol. The van der Waals surface area contributed by atoms with Crippen molar-refractivity contribution in [2.24, 2.45) is 0 Å². The summed E-state index contributed by atoms with van der Waals surface area (Å²) >= 11 is 5.83. The second-order valence-electron chi connectivity index (χ2n) is 4.13. The molecule has 2 aromatic rings. The van der Waals surface area contributed by atoms with Gasteiger partial charge in [0, 0.05) is 17.6 Å². The van der Waals surface area contributed by atoms with Crippen molar-refractivity contribution in [1.29, 1.82) is 0 Å². The highest BCUT2D eigenvalue weighted by molar-refractivity contribution is 6.30. The Morgan fingerprint density at radius 1 is 1.27 bits per heavy atom. The second kappa shape index (κ2) is 8.28. The van der Waals surface area contributed by atoms with Crippen LogP contribution in [0.4, 0.5) is 0 Å². The summed E-state index contributed by atoms with van der Waals surface area (Å²) in [5.74, 6) is 0.0366. The molecule has 8 heteroatoms. The number of benzene rings is 1. The van der Waals surface area contributed by atoms with Crippen molar-refractivity contribution >= 4 is 17.5 Å². The number of halogens is 1. The van der Waals surface area contributed by atoms with Crippen molar-refractivity contribution in [1.82, 2.24) is 20.5 Å². The minimum atomic E-state index is -0.319. The lowest BCUT2D eigenvalue weighted by Crippen LogP contribution is -2.37. The van der Waals surface area contributed by atoms with Crippen LogP contribution in [0.15, 0.2) is 43.0 Å². The van der Waals surface area contributed by atoms with E-state index < -0.39 is 0 Å². The maximum atomic E-state index is 12.5. The van der Waals surface area contributed by atoms with Crippen LogP contribution in [0.25, 0.3) is 0 Å². The zero-order valence-corrected chi connectivity index (χ0v) is 12.7. The largest absolute Gasteiger partial charge is 0.373 e. The van der Waals surface area contributed by atoms with E-state index in [2.05, 4.69) is 15.4 Å². The summed E-state index contributed by atoms with van der Waals surface area (Å²) < 4.78 is 0. The van der Waals surface area contributed by atoms with Crippen molar-refractivity contribution in [3.8, 4) is 5.75 Å². The molecule has 0 spiro atoms. The Hall–Kier alpha value is -2.22. The zero-order chi connectivity index (χ0) is 15.8. The molecule has 116 valence electrons. The number of rotatable bonds is 7. The van der Waals surface area contributed by atoms with Crippen LogP contribution in [0.1, 0.15) is 10.4 Å². The van der Waals surface area contributed by atoms with Gasteiger partial charge in [-0.2, -0.15) is 5.06 Å². The number of hydrogen-bond acceptors (Lipinski definition) is 6. The number of nitrogens with zero attached hydrogens (tertiary/aromatic N) is 3. The maximum absolute atomic E-state index is 12.5. The van der Waals surface area contributed by atoms with Gasteiger partial charge in [0.15, 0.2) is 5.75 Å². The molecule has 1 aromatic heterocycles. The quantitative estimate of drug-likeness (QED) is 0.618. The molecule has 0 aliphatic carbocycles. The number of amides is 1. The third kappa shape index (κ3) is 4.66. The van der Waals surface area contributed by atoms with E-state index in [0.29, 0.717) is 16.3 Å². The van der Waals surface area contributed by atoms with E-state index in [9.17, 15) is 4.79 Å². The summed E-state index contributed by atoms with van der Waals surface area (Å²) in [6.45, 7) is 0.473. The van der Waals surface area contributed by atoms with Crippen LogP contribution < -0.4 is 10.3 Å². The standard InChI is InChI=1S/C14H15ClN4O3/c1-16-21-7-6-19(22-13-8-17-10-18-9-13)14(20)11-2-4-12(15)5-3-11/h2-5,8-10,16H,6-7H2,1H3. The third-order valence-corrected chi connectivity index (χ3v) is 2.86. The first-order chi connectivity index (χ1) is 10.7. The molecule has 0 aliphatic heterocycles. The number of hydroxylamine groups is 3. The van der Waals surface area contributed by atoms with Gasteiger partial charge in [0.05, 0.1) is 25.5 Å². The Bertz CT molecular complexity index is 595. The molecule has 0 bridgehead atoms. The molecular weight excluding hydrogens is 308 g/mol. The van der Waals surface area contributed by atoms with Crippen molar-refractivity contribution < 1.29 is 14.5 Å². The number of nitrogens with one attached hydrogen (secondary N) is 1. The molecule has 0 saturated carbocycles. The molecule has 1 amide bonds. The van der Waals surface area contributed by atoms with Gasteiger partial charge in [-0.05, 0) is 24.3 Å². The average molecular weight is 323 g/mol. The van der Waals surface area contributed by atoms with Gasteiger partial charge in [-0.1, -0.05) is 11.6 Å². The summed E-state index contributed by atoms with van der Waals surface area (Å²) in [5, 5.41) is 1.73. The van der Waals surface area contributed by atoms with Crippen LogP contribution in [-0.4, -0.2) is 41.1 Å². The molecule has 0 fully saturated rings. The van der Waals surface area contributed by atoms with E-state index in [-0.39, 0.29) is 19.1 Å². The van der Waals surface area contributed by atoms with Crippen molar-refractivity contribution in [3.05, 3.63) is 53.6 Å². The smallest absolute Gasteiger partial charge is 0.286 e. The van der Waals surface area contributed by atoms with Crippen LogP contribution >= 0.6 is 11.6 Å². The number of carbonyl (C=O) groups excluding carboxylic acids is 1. The normalized spacial score (nSPS) is 10.3. The van der Waals surface area contributed by atoms with Gasteiger partial charge in [0.25, 0.3) is 5.91 Å². The van der Waals surface area contributed by atoms with Crippen molar-refractivity contribution in [2.45, 2.75) is 0 Å². The number of carbonyl (C=O) groups is 1. The highest BCUT2D eigenvalue weighted by Gasteiger charge is 2.18. The third-order valence-electron chi connectivity index (χ3n) is 2.61. The van der Waals surface area contributed by atoms with Gasteiger partial charge >= 0.3 is 0 Å². The van der Waals surface area contributed by atoms with E-state index in [1.54, 1.807) is 31.3 Å². The molecule has 7 nitrogen and oxygen atoms in total. The highest BCUT2D eigenvalue weighted by atomic mass is 35.5. The molecule has 1 heterocycles. The van der Waals surface area contributed by atoms with Gasteiger partial charge in [-0.3, -0.25) is 4.79 Å². The molecule has 22 heavy (non-hydrogen) atoms. The number of hydrogen-bond donors (Lipinski definition) is 1. The number of aromatic nitrogens is 2. The van der Waals surface area contributed by atoms with Gasteiger partial charge in [-0.15, -0.1) is 0 Å². The molecule has 1 N–H and O–H groups in total. The van der Waals surface area contributed by atoms with Gasteiger partial charge in [0.2, 0.25) is 0 Å². The zero-order valence-electron chi connectivity index (χ0n) is 11.9. The summed E-state index contributed by atoms with van der Waals surface area (Å²) in [6, 6.07) is 6.54. The maximum Gasteiger partial charge on any atom is 0.286 e. The molecule has 1 aromatic carbocycles.